The first-order valence-electron chi connectivity index (χ1n) is 7.92. The molecule has 0 bridgehead atoms. The molecule has 1 heterocycles. The number of nitrogens with one attached hydrogen (secondary N) is 1. The summed E-state index contributed by atoms with van der Waals surface area (Å²) in [7, 11) is 0. The maximum atomic E-state index is 12.1. The molecule has 122 valence electrons. The number of carbonyl (C=O) groups is 1. The minimum absolute atomic E-state index is 0.0380. The average molecular weight is 320 g/mol. The lowest BCUT2D eigenvalue weighted by Crippen LogP contribution is -2.24. The molecule has 0 unspecified atom stereocenters. The molecule has 0 fully saturated rings. The molecule has 0 aliphatic heterocycles. The monoisotopic (exact) mass is 320 g/mol. The summed E-state index contributed by atoms with van der Waals surface area (Å²) in [4.78, 5) is 16.0. The van der Waals surface area contributed by atoms with Crippen LogP contribution in [-0.4, -0.2) is 20.7 Å². The Morgan fingerprint density at radius 1 is 1.08 bits per heavy atom. The van der Waals surface area contributed by atoms with Gasteiger partial charge in [0.25, 0.3) is 0 Å². The Labute approximate surface area is 141 Å². The molecular weight excluding hydrogens is 300 g/mol. The van der Waals surface area contributed by atoms with Crippen LogP contribution in [0.2, 0.25) is 0 Å². The second kappa shape index (κ2) is 7.55. The Kier molecular flexibility index (Phi) is 5.01. The van der Waals surface area contributed by atoms with Gasteiger partial charge < -0.3 is 5.32 Å². The van der Waals surface area contributed by atoms with Crippen LogP contribution in [0.25, 0.3) is 0 Å². The predicted octanol–water partition coefficient (Wildman–Crippen LogP) is 2.49. The smallest absolute Gasteiger partial charge is 0.224 e. The van der Waals surface area contributed by atoms with Crippen LogP contribution in [0.3, 0.4) is 0 Å². The predicted molar refractivity (Wildman–Crippen MR) is 92.3 cm³/mol. The fourth-order valence-electron chi connectivity index (χ4n) is 2.51. The second-order valence-electron chi connectivity index (χ2n) is 5.79. The Balaban J connectivity index is 1.51. The van der Waals surface area contributed by atoms with Crippen molar-refractivity contribution in [2.24, 2.45) is 0 Å². The van der Waals surface area contributed by atoms with Crippen molar-refractivity contribution in [3.05, 3.63) is 83.4 Å². The summed E-state index contributed by atoms with van der Waals surface area (Å²) < 4.78 is 1.78. The summed E-state index contributed by atoms with van der Waals surface area (Å²) in [6.07, 6.45) is 3.63. The van der Waals surface area contributed by atoms with Gasteiger partial charge in [0.1, 0.15) is 12.7 Å². The number of rotatable bonds is 6. The summed E-state index contributed by atoms with van der Waals surface area (Å²) >= 11 is 0. The van der Waals surface area contributed by atoms with E-state index in [0.29, 0.717) is 19.5 Å². The van der Waals surface area contributed by atoms with Gasteiger partial charge in [-0.3, -0.25) is 4.79 Å². The standard InChI is InChI=1S/C19H20N4O/c1-15-4-2-3-5-18(15)10-19(24)21-11-16-6-8-17(9-7-16)12-23-14-20-13-22-23/h2-9,13-14H,10-12H2,1H3,(H,21,24). The molecule has 3 rings (SSSR count). The Bertz CT molecular complexity index is 794. The van der Waals surface area contributed by atoms with E-state index in [1.807, 2.05) is 55.5 Å². The van der Waals surface area contributed by atoms with E-state index in [9.17, 15) is 4.79 Å². The normalized spacial score (nSPS) is 10.5. The highest BCUT2D eigenvalue weighted by molar-refractivity contribution is 5.78. The number of carbonyl (C=O) groups excluding carboxylic acids is 1. The van der Waals surface area contributed by atoms with Gasteiger partial charge in [0, 0.05) is 6.54 Å². The molecule has 5 heteroatoms. The summed E-state index contributed by atoms with van der Waals surface area (Å²) in [6.45, 7) is 3.25. The van der Waals surface area contributed by atoms with Crippen molar-refractivity contribution in [3.63, 3.8) is 0 Å². The fraction of sp³-hybridized carbons (Fsp3) is 0.211. The van der Waals surface area contributed by atoms with Gasteiger partial charge in [-0.25, -0.2) is 9.67 Å². The molecule has 0 aliphatic carbocycles. The number of benzene rings is 2. The third-order valence-electron chi connectivity index (χ3n) is 3.94. The van der Waals surface area contributed by atoms with Crippen LogP contribution in [-0.2, 0) is 24.3 Å². The molecule has 1 aromatic heterocycles. The van der Waals surface area contributed by atoms with Crippen molar-refractivity contribution in [2.45, 2.75) is 26.4 Å². The Hall–Kier alpha value is -2.95. The van der Waals surface area contributed by atoms with Crippen LogP contribution in [0.15, 0.2) is 61.2 Å². The first-order chi connectivity index (χ1) is 11.7. The largest absolute Gasteiger partial charge is 0.352 e. The zero-order chi connectivity index (χ0) is 16.8. The van der Waals surface area contributed by atoms with Crippen molar-refractivity contribution in [1.29, 1.82) is 0 Å². The van der Waals surface area contributed by atoms with Crippen LogP contribution in [0.1, 0.15) is 22.3 Å². The van der Waals surface area contributed by atoms with E-state index >= 15 is 0 Å². The van der Waals surface area contributed by atoms with Crippen molar-refractivity contribution in [1.82, 2.24) is 20.1 Å². The van der Waals surface area contributed by atoms with Crippen LogP contribution in [0, 0.1) is 6.92 Å². The molecular formula is C19H20N4O. The zero-order valence-corrected chi connectivity index (χ0v) is 13.6. The molecule has 24 heavy (non-hydrogen) atoms. The quantitative estimate of drug-likeness (QED) is 0.759. The van der Waals surface area contributed by atoms with E-state index in [-0.39, 0.29) is 5.91 Å². The number of amides is 1. The van der Waals surface area contributed by atoms with Gasteiger partial charge in [0.05, 0.1) is 13.0 Å². The molecule has 1 N–H and O–H groups in total. The van der Waals surface area contributed by atoms with Gasteiger partial charge >= 0.3 is 0 Å². The Morgan fingerprint density at radius 2 is 1.83 bits per heavy atom. The van der Waals surface area contributed by atoms with Gasteiger partial charge in [-0.05, 0) is 29.2 Å². The SMILES string of the molecule is Cc1ccccc1CC(=O)NCc1ccc(Cn2cncn2)cc1. The number of hydrogen-bond donors (Lipinski definition) is 1. The maximum Gasteiger partial charge on any atom is 0.224 e. The van der Waals surface area contributed by atoms with E-state index in [1.165, 1.54) is 6.33 Å². The molecule has 5 nitrogen and oxygen atoms in total. The van der Waals surface area contributed by atoms with Gasteiger partial charge in [0.2, 0.25) is 5.91 Å². The van der Waals surface area contributed by atoms with E-state index < -0.39 is 0 Å². The molecule has 0 radical (unpaired) electrons. The highest BCUT2D eigenvalue weighted by atomic mass is 16.1. The second-order valence-corrected chi connectivity index (χ2v) is 5.79. The van der Waals surface area contributed by atoms with E-state index in [2.05, 4.69) is 15.4 Å². The highest BCUT2D eigenvalue weighted by Gasteiger charge is 2.05. The highest BCUT2D eigenvalue weighted by Crippen LogP contribution is 2.08. The lowest BCUT2D eigenvalue weighted by molar-refractivity contribution is -0.120. The lowest BCUT2D eigenvalue weighted by Gasteiger charge is -2.08. The van der Waals surface area contributed by atoms with Crippen LogP contribution < -0.4 is 5.32 Å². The maximum absolute atomic E-state index is 12.1. The molecule has 0 spiro atoms. The van der Waals surface area contributed by atoms with E-state index in [0.717, 1.165) is 22.3 Å². The van der Waals surface area contributed by atoms with Crippen molar-refractivity contribution >= 4 is 5.91 Å². The topological polar surface area (TPSA) is 59.8 Å². The minimum atomic E-state index is 0.0380. The van der Waals surface area contributed by atoms with Crippen LogP contribution >= 0.6 is 0 Å². The summed E-state index contributed by atoms with van der Waals surface area (Å²) in [6, 6.07) is 16.1. The molecule has 3 aromatic rings. The van der Waals surface area contributed by atoms with Crippen molar-refractivity contribution < 1.29 is 4.79 Å². The lowest BCUT2D eigenvalue weighted by atomic mass is 10.1. The molecule has 0 saturated carbocycles. The number of aryl methyl sites for hydroxylation is 1. The number of aromatic nitrogens is 3. The Morgan fingerprint density at radius 3 is 2.54 bits per heavy atom. The molecule has 1 amide bonds. The van der Waals surface area contributed by atoms with Crippen molar-refractivity contribution in [3.8, 4) is 0 Å². The van der Waals surface area contributed by atoms with Gasteiger partial charge in [-0.1, -0.05) is 48.5 Å². The third-order valence-corrected chi connectivity index (χ3v) is 3.94. The van der Waals surface area contributed by atoms with Gasteiger partial charge in [0.15, 0.2) is 0 Å². The third kappa shape index (κ3) is 4.29. The van der Waals surface area contributed by atoms with E-state index in [4.69, 9.17) is 0 Å². The molecule has 2 aromatic carbocycles. The minimum Gasteiger partial charge on any atom is -0.352 e. The molecule has 0 saturated heterocycles. The van der Waals surface area contributed by atoms with Crippen LogP contribution in [0.5, 0.6) is 0 Å². The van der Waals surface area contributed by atoms with E-state index in [1.54, 1.807) is 11.0 Å². The fourth-order valence-corrected chi connectivity index (χ4v) is 2.51. The number of hydrogen-bond acceptors (Lipinski definition) is 3. The summed E-state index contributed by atoms with van der Waals surface area (Å²) in [5.41, 5.74) is 4.44. The first kappa shape index (κ1) is 15.9. The van der Waals surface area contributed by atoms with Gasteiger partial charge in [-0.2, -0.15) is 5.10 Å². The summed E-state index contributed by atoms with van der Waals surface area (Å²) in [5.74, 6) is 0.0380. The van der Waals surface area contributed by atoms with Crippen LogP contribution in [0.4, 0.5) is 0 Å². The van der Waals surface area contributed by atoms with Gasteiger partial charge in [-0.15, -0.1) is 0 Å². The van der Waals surface area contributed by atoms with Crippen molar-refractivity contribution in [2.75, 3.05) is 0 Å². The molecule has 0 atom stereocenters. The average Bonchev–Trinajstić information content (AvgIpc) is 3.09. The summed E-state index contributed by atoms with van der Waals surface area (Å²) in [5, 5.41) is 7.06. The number of nitrogens with zero attached hydrogens (tertiary/aromatic N) is 3. The molecule has 0 aliphatic rings. The zero-order valence-electron chi connectivity index (χ0n) is 13.6. The first-order valence-corrected chi connectivity index (χ1v) is 7.92.